The predicted molar refractivity (Wildman–Crippen MR) is 95.3 cm³/mol. The fourth-order valence-corrected chi connectivity index (χ4v) is 2.33. The molecule has 2 aromatic rings. The summed E-state index contributed by atoms with van der Waals surface area (Å²) < 4.78 is 35.7. The van der Waals surface area contributed by atoms with Crippen molar-refractivity contribution in [3.05, 3.63) is 59.2 Å². The topological polar surface area (TPSA) is 76.7 Å². The molecule has 0 amide bonds. The van der Waals surface area contributed by atoms with Crippen LogP contribution in [0.2, 0.25) is 0 Å². The van der Waals surface area contributed by atoms with Gasteiger partial charge in [-0.05, 0) is 42.5 Å². The van der Waals surface area contributed by atoms with Gasteiger partial charge >= 0.3 is 11.9 Å². The van der Waals surface area contributed by atoms with E-state index in [1.807, 2.05) is 0 Å². The van der Waals surface area contributed by atoms with Crippen molar-refractivity contribution in [2.45, 2.75) is 0 Å². The number of esters is 2. The summed E-state index contributed by atoms with van der Waals surface area (Å²) in [5, 5.41) is 5.33. The summed E-state index contributed by atoms with van der Waals surface area (Å²) >= 11 is 5.08. The summed E-state index contributed by atoms with van der Waals surface area (Å²) in [4.78, 5) is 23.5. The minimum Gasteiger partial charge on any atom is -0.465 e. The molecular formula is C17H14F2N2O4S. The number of nitrogens with one attached hydrogen (secondary N) is 2. The Balaban J connectivity index is 2.25. The third-order valence-electron chi connectivity index (χ3n) is 3.15. The van der Waals surface area contributed by atoms with E-state index in [0.717, 1.165) is 18.2 Å². The molecule has 0 aliphatic rings. The second-order valence-electron chi connectivity index (χ2n) is 5.02. The summed E-state index contributed by atoms with van der Waals surface area (Å²) in [7, 11) is 2.40. The number of methoxy groups -OCH3 is 2. The van der Waals surface area contributed by atoms with E-state index in [2.05, 4.69) is 20.1 Å². The number of anilines is 2. The van der Waals surface area contributed by atoms with Crippen molar-refractivity contribution in [3.63, 3.8) is 0 Å². The van der Waals surface area contributed by atoms with Gasteiger partial charge in [-0.1, -0.05) is 0 Å². The molecule has 0 atom stereocenters. The van der Waals surface area contributed by atoms with Crippen LogP contribution in [0.3, 0.4) is 0 Å². The molecule has 0 bridgehead atoms. The van der Waals surface area contributed by atoms with Gasteiger partial charge in [0.2, 0.25) is 0 Å². The first-order chi connectivity index (χ1) is 12.3. The second kappa shape index (κ2) is 8.34. The van der Waals surface area contributed by atoms with E-state index in [1.54, 1.807) is 0 Å². The van der Waals surface area contributed by atoms with Crippen LogP contribution in [0.4, 0.5) is 20.2 Å². The highest BCUT2D eigenvalue weighted by atomic mass is 32.1. The normalized spacial score (nSPS) is 10.0. The smallest absolute Gasteiger partial charge is 0.337 e. The molecule has 2 N–H and O–H groups in total. The Kier molecular flexibility index (Phi) is 6.18. The van der Waals surface area contributed by atoms with Crippen LogP contribution >= 0.6 is 12.2 Å². The largest absolute Gasteiger partial charge is 0.465 e. The fourth-order valence-electron chi connectivity index (χ4n) is 2.09. The number of ether oxygens (including phenoxy) is 2. The Bertz CT molecular complexity index is 819. The van der Waals surface area contributed by atoms with Crippen LogP contribution in [0, 0.1) is 11.6 Å². The van der Waals surface area contributed by atoms with E-state index < -0.39 is 23.6 Å². The number of hydrogen-bond acceptors (Lipinski definition) is 5. The van der Waals surface area contributed by atoms with Crippen LogP contribution in [-0.2, 0) is 9.47 Å². The number of carbonyl (C=O) groups excluding carboxylic acids is 2. The van der Waals surface area contributed by atoms with Crippen LogP contribution in [0.1, 0.15) is 20.7 Å². The van der Waals surface area contributed by atoms with Crippen LogP contribution in [0.25, 0.3) is 0 Å². The molecule has 0 fully saturated rings. The molecule has 26 heavy (non-hydrogen) atoms. The van der Waals surface area contributed by atoms with E-state index in [-0.39, 0.29) is 27.6 Å². The van der Waals surface area contributed by atoms with E-state index in [4.69, 9.17) is 12.2 Å². The quantitative estimate of drug-likeness (QED) is 0.622. The number of halogens is 2. The first-order valence-electron chi connectivity index (χ1n) is 7.18. The molecule has 6 nitrogen and oxygen atoms in total. The van der Waals surface area contributed by atoms with Crippen LogP contribution in [0.15, 0.2) is 36.4 Å². The van der Waals surface area contributed by atoms with Crippen molar-refractivity contribution in [3.8, 4) is 0 Å². The van der Waals surface area contributed by atoms with Crippen LogP contribution in [0.5, 0.6) is 0 Å². The first-order valence-corrected chi connectivity index (χ1v) is 7.59. The zero-order valence-corrected chi connectivity index (χ0v) is 14.6. The van der Waals surface area contributed by atoms with Gasteiger partial charge in [0.25, 0.3) is 0 Å². The van der Waals surface area contributed by atoms with Gasteiger partial charge in [0.05, 0.1) is 25.3 Å². The average Bonchev–Trinajstić information content (AvgIpc) is 2.58. The monoisotopic (exact) mass is 380 g/mol. The average molecular weight is 380 g/mol. The lowest BCUT2D eigenvalue weighted by molar-refractivity contribution is 0.0599. The van der Waals surface area contributed by atoms with Crippen molar-refractivity contribution in [2.24, 2.45) is 0 Å². The van der Waals surface area contributed by atoms with Gasteiger partial charge in [-0.2, -0.15) is 0 Å². The predicted octanol–water partition coefficient (Wildman–Crippen LogP) is 3.35. The maximum atomic E-state index is 13.2. The molecule has 0 heterocycles. The van der Waals surface area contributed by atoms with Crippen LogP contribution in [-0.4, -0.2) is 31.3 Å². The van der Waals surface area contributed by atoms with Gasteiger partial charge in [-0.25, -0.2) is 18.4 Å². The third-order valence-corrected chi connectivity index (χ3v) is 3.36. The number of rotatable bonds is 4. The molecule has 9 heteroatoms. The van der Waals surface area contributed by atoms with Crippen molar-refractivity contribution >= 4 is 40.6 Å². The van der Waals surface area contributed by atoms with Gasteiger partial charge in [0.15, 0.2) is 5.11 Å². The highest BCUT2D eigenvalue weighted by Gasteiger charge is 2.14. The van der Waals surface area contributed by atoms with Gasteiger partial charge in [0, 0.05) is 17.4 Å². The molecular weight excluding hydrogens is 366 g/mol. The Morgan fingerprint density at radius 1 is 0.808 bits per heavy atom. The molecule has 0 aliphatic carbocycles. The first kappa shape index (κ1) is 19.3. The Morgan fingerprint density at radius 2 is 1.23 bits per heavy atom. The maximum Gasteiger partial charge on any atom is 0.337 e. The van der Waals surface area contributed by atoms with Gasteiger partial charge in [0.1, 0.15) is 11.6 Å². The number of benzene rings is 2. The SMILES string of the molecule is COC(=O)c1cc(NC(=S)Nc2cc(F)cc(F)c2)cc(C(=O)OC)c1. The van der Waals surface area contributed by atoms with E-state index in [0.29, 0.717) is 0 Å². The molecule has 2 rings (SSSR count). The Hall–Kier alpha value is -3.07. The summed E-state index contributed by atoms with van der Waals surface area (Å²) in [5.41, 5.74) is 0.565. The summed E-state index contributed by atoms with van der Waals surface area (Å²) in [6.07, 6.45) is 0. The molecule has 0 unspecified atom stereocenters. The van der Waals surface area contributed by atoms with Crippen molar-refractivity contribution < 1.29 is 27.8 Å². The molecule has 0 aromatic heterocycles. The van der Waals surface area contributed by atoms with Crippen molar-refractivity contribution in [1.29, 1.82) is 0 Å². The minimum absolute atomic E-state index is 0.00664. The van der Waals surface area contributed by atoms with Gasteiger partial charge < -0.3 is 20.1 Å². The number of thiocarbonyl (C=S) groups is 1. The molecule has 0 saturated carbocycles. The van der Waals surface area contributed by atoms with Gasteiger partial charge in [-0.15, -0.1) is 0 Å². The van der Waals surface area contributed by atoms with Crippen molar-refractivity contribution in [1.82, 2.24) is 0 Å². The zero-order valence-electron chi connectivity index (χ0n) is 13.8. The Labute approximate surface area is 153 Å². The van der Waals surface area contributed by atoms with E-state index in [1.165, 1.54) is 32.4 Å². The van der Waals surface area contributed by atoms with Crippen molar-refractivity contribution in [2.75, 3.05) is 24.9 Å². The molecule has 0 spiro atoms. The molecule has 0 aliphatic heterocycles. The highest BCUT2D eigenvalue weighted by Crippen LogP contribution is 2.18. The summed E-state index contributed by atoms with van der Waals surface area (Å²) in [5.74, 6) is -2.86. The molecule has 0 saturated heterocycles. The van der Waals surface area contributed by atoms with Gasteiger partial charge in [-0.3, -0.25) is 0 Å². The molecule has 2 aromatic carbocycles. The zero-order chi connectivity index (χ0) is 19.3. The lowest BCUT2D eigenvalue weighted by Gasteiger charge is -2.13. The standard InChI is InChI=1S/C17H14F2N2O4S/c1-24-15(22)9-3-10(16(23)25-2)5-13(4-9)20-17(26)21-14-7-11(18)6-12(19)8-14/h3-8H,1-2H3,(H2,20,21,26). The number of carbonyl (C=O) groups is 2. The molecule has 136 valence electrons. The van der Waals surface area contributed by atoms with E-state index >= 15 is 0 Å². The lowest BCUT2D eigenvalue weighted by Crippen LogP contribution is -2.20. The second-order valence-corrected chi connectivity index (χ2v) is 5.43. The third kappa shape index (κ3) is 4.96. The minimum atomic E-state index is -0.768. The molecule has 0 radical (unpaired) electrons. The fraction of sp³-hybridized carbons (Fsp3) is 0.118. The number of hydrogen-bond donors (Lipinski definition) is 2. The summed E-state index contributed by atoms with van der Waals surface area (Å²) in [6.45, 7) is 0. The van der Waals surface area contributed by atoms with E-state index in [9.17, 15) is 18.4 Å². The highest BCUT2D eigenvalue weighted by molar-refractivity contribution is 7.80. The Morgan fingerprint density at radius 3 is 1.65 bits per heavy atom. The van der Waals surface area contributed by atoms with Crippen LogP contribution < -0.4 is 10.6 Å². The lowest BCUT2D eigenvalue weighted by atomic mass is 10.1. The summed E-state index contributed by atoms with van der Waals surface area (Å²) in [6, 6.07) is 6.95. The maximum absolute atomic E-state index is 13.2.